The van der Waals surface area contributed by atoms with E-state index in [0.29, 0.717) is 11.1 Å². The van der Waals surface area contributed by atoms with Gasteiger partial charge in [0.05, 0.1) is 17.7 Å². The highest BCUT2D eigenvalue weighted by Crippen LogP contribution is 2.22. The van der Waals surface area contributed by atoms with Gasteiger partial charge in [-0.3, -0.25) is 20.3 Å². The average molecular weight is 432 g/mol. The van der Waals surface area contributed by atoms with Crippen molar-refractivity contribution >= 4 is 11.8 Å². The molecular formula is C23H29FN2O5. The predicted octanol–water partition coefficient (Wildman–Crippen LogP) is 4.16. The molecule has 0 aliphatic heterocycles. The molecule has 0 aromatic heterocycles. The van der Waals surface area contributed by atoms with Gasteiger partial charge in [0.15, 0.2) is 0 Å². The van der Waals surface area contributed by atoms with E-state index in [4.69, 9.17) is 9.99 Å². The second-order valence-electron chi connectivity index (χ2n) is 8.40. The number of nitrogens with one attached hydrogen (secondary N) is 1. The molecule has 8 heteroatoms. The minimum absolute atomic E-state index is 0.0000517. The first-order valence-electron chi connectivity index (χ1n) is 9.79. The van der Waals surface area contributed by atoms with Crippen LogP contribution in [0.15, 0.2) is 30.3 Å². The van der Waals surface area contributed by atoms with Gasteiger partial charge in [0.2, 0.25) is 0 Å². The van der Waals surface area contributed by atoms with E-state index in [1.807, 2.05) is 19.9 Å². The van der Waals surface area contributed by atoms with Crippen molar-refractivity contribution in [3.05, 3.63) is 69.5 Å². The predicted molar refractivity (Wildman–Crippen MR) is 114 cm³/mol. The fraction of sp³-hybridized carbons (Fsp3) is 0.391. The largest absolute Gasteiger partial charge is 0.380 e. The first kappa shape index (κ1) is 24.5. The summed E-state index contributed by atoms with van der Waals surface area (Å²) in [6.07, 6.45) is 0. The summed E-state index contributed by atoms with van der Waals surface area (Å²) >= 11 is 0. The van der Waals surface area contributed by atoms with Gasteiger partial charge in [-0.25, -0.2) is 14.3 Å². The zero-order valence-corrected chi connectivity index (χ0v) is 18.7. The van der Waals surface area contributed by atoms with Crippen molar-refractivity contribution in [3.63, 3.8) is 0 Å². The van der Waals surface area contributed by atoms with Crippen LogP contribution in [-0.4, -0.2) is 34.7 Å². The smallest absolute Gasteiger partial charge is 0.272 e. The molecule has 2 rings (SSSR count). The number of methoxy groups -OCH3 is 1. The highest BCUT2D eigenvalue weighted by atomic mass is 19.1. The Morgan fingerprint density at radius 3 is 2.23 bits per heavy atom. The fourth-order valence-electron chi connectivity index (χ4n) is 3.26. The number of hydrazine groups is 1. The summed E-state index contributed by atoms with van der Waals surface area (Å²) in [4.78, 5) is 30.2. The normalized spacial score (nSPS) is 11.4. The molecular weight excluding hydrogens is 403 g/mol. The topological polar surface area (TPSA) is 88.1 Å². The van der Waals surface area contributed by atoms with Crippen LogP contribution in [0.25, 0.3) is 0 Å². The number of hydrogen-bond donors (Lipinski definition) is 2. The maximum absolute atomic E-state index is 15.1. The summed E-state index contributed by atoms with van der Waals surface area (Å²) in [5, 5.41) is 9.99. The molecule has 0 heterocycles. The monoisotopic (exact) mass is 432 g/mol. The van der Waals surface area contributed by atoms with E-state index in [1.54, 1.807) is 32.9 Å². The van der Waals surface area contributed by atoms with Crippen molar-refractivity contribution in [1.82, 2.24) is 10.4 Å². The fourth-order valence-corrected chi connectivity index (χ4v) is 3.26. The molecule has 7 nitrogen and oxygen atoms in total. The van der Waals surface area contributed by atoms with E-state index in [2.05, 4.69) is 10.3 Å². The second kappa shape index (κ2) is 10.00. The van der Waals surface area contributed by atoms with E-state index in [0.717, 1.165) is 11.1 Å². The van der Waals surface area contributed by atoms with Crippen molar-refractivity contribution in [1.29, 1.82) is 0 Å². The van der Waals surface area contributed by atoms with Crippen LogP contribution in [-0.2, 0) is 22.8 Å². The maximum atomic E-state index is 15.1. The van der Waals surface area contributed by atoms with Crippen LogP contribution in [0, 0.1) is 19.7 Å². The Bertz CT molecular complexity index is 949. The Labute approximate surface area is 181 Å². The number of amides is 2. The van der Waals surface area contributed by atoms with Crippen molar-refractivity contribution in [2.45, 2.75) is 53.4 Å². The number of rotatable bonds is 6. The summed E-state index contributed by atoms with van der Waals surface area (Å²) in [5.74, 6) is -2.06. The summed E-state index contributed by atoms with van der Waals surface area (Å²) in [5.41, 5.74) is 4.15. The number of carbonyl (C=O) groups excluding carboxylic acids is 2. The summed E-state index contributed by atoms with van der Waals surface area (Å²) in [7, 11) is 1.45. The van der Waals surface area contributed by atoms with E-state index >= 15 is 4.39 Å². The van der Waals surface area contributed by atoms with Crippen molar-refractivity contribution in [2.75, 3.05) is 7.11 Å². The lowest BCUT2D eigenvalue weighted by Crippen LogP contribution is -2.56. The third-order valence-corrected chi connectivity index (χ3v) is 4.65. The molecule has 0 saturated carbocycles. The standard InChI is InChI=1S/C23H29FN2O5/c1-14-9-15(2)11-17(10-14)22(28)26(23(3,4)5)25-21(27)18-8-7-16(12-30-6)19(13-31-29)20(18)24/h7-11,29H,12-13H2,1-6H3,(H,25,27). The Kier molecular flexibility index (Phi) is 7.89. The van der Waals surface area contributed by atoms with E-state index < -0.39 is 29.8 Å². The van der Waals surface area contributed by atoms with E-state index in [-0.39, 0.29) is 17.7 Å². The number of carbonyl (C=O) groups is 2. The Balaban J connectivity index is 2.41. The summed E-state index contributed by atoms with van der Waals surface area (Å²) < 4.78 is 20.1. The maximum Gasteiger partial charge on any atom is 0.272 e. The van der Waals surface area contributed by atoms with Gasteiger partial charge in [-0.2, -0.15) is 0 Å². The summed E-state index contributed by atoms with van der Waals surface area (Å²) in [6, 6.07) is 8.23. The molecule has 2 aromatic carbocycles. The van der Waals surface area contributed by atoms with Crippen LogP contribution in [0.3, 0.4) is 0 Å². The highest BCUT2D eigenvalue weighted by molar-refractivity contribution is 6.00. The molecule has 0 unspecified atom stereocenters. The number of hydrogen-bond acceptors (Lipinski definition) is 5. The quantitative estimate of drug-likeness (QED) is 0.529. The highest BCUT2D eigenvalue weighted by Gasteiger charge is 2.31. The Morgan fingerprint density at radius 2 is 1.71 bits per heavy atom. The number of benzene rings is 2. The van der Waals surface area contributed by atoms with Crippen molar-refractivity contribution in [3.8, 4) is 0 Å². The third-order valence-electron chi connectivity index (χ3n) is 4.65. The summed E-state index contributed by atoms with van der Waals surface area (Å²) in [6.45, 7) is 8.68. The molecule has 2 aromatic rings. The van der Waals surface area contributed by atoms with Gasteiger partial charge in [-0.1, -0.05) is 23.3 Å². The SMILES string of the molecule is COCc1ccc(C(=O)NN(C(=O)c2cc(C)cc(C)c2)C(C)(C)C)c(F)c1COO. The molecule has 2 amide bonds. The van der Waals surface area contributed by atoms with Gasteiger partial charge in [0, 0.05) is 18.2 Å². The molecule has 0 bridgehead atoms. The first-order chi connectivity index (χ1) is 14.5. The van der Waals surface area contributed by atoms with Crippen molar-refractivity contribution < 1.29 is 28.9 Å². The molecule has 168 valence electrons. The lowest BCUT2D eigenvalue weighted by molar-refractivity contribution is -0.253. The first-order valence-corrected chi connectivity index (χ1v) is 9.79. The Hall–Kier alpha value is -2.81. The van der Waals surface area contributed by atoms with E-state index in [9.17, 15) is 9.59 Å². The van der Waals surface area contributed by atoms with Gasteiger partial charge in [-0.15, -0.1) is 0 Å². The third kappa shape index (κ3) is 5.88. The van der Waals surface area contributed by atoms with Crippen LogP contribution >= 0.6 is 0 Å². The minimum atomic E-state index is -0.853. The zero-order valence-electron chi connectivity index (χ0n) is 18.7. The van der Waals surface area contributed by atoms with Crippen LogP contribution < -0.4 is 5.43 Å². The molecule has 0 aliphatic carbocycles. The van der Waals surface area contributed by atoms with Crippen LogP contribution in [0.4, 0.5) is 4.39 Å². The van der Waals surface area contributed by atoms with Gasteiger partial charge < -0.3 is 4.74 Å². The minimum Gasteiger partial charge on any atom is -0.380 e. The van der Waals surface area contributed by atoms with Gasteiger partial charge in [-0.05, 0) is 58.4 Å². The lowest BCUT2D eigenvalue weighted by atomic mass is 10.0. The molecule has 2 N–H and O–H groups in total. The molecule has 0 radical (unpaired) electrons. The van der Waals surface area contributed by atoms with Gasteiger partial charge >= 0.3 is 0 Å². The average Bonchev–Trinajstić information content (AvgIpc) is 2.66. The van der Waals surface area contributed by atoms with Crippen LogP contribution in [0.1, 0.15) is 63.7 Å². The molecule has 31 heavy (non-hydrogen) atoms. The molecule has 0 fully saturated rings. The molecule has 0 spiro atoms. The van der Waals surface area contributed by atoms with Crippen LogP contribution in [0.2, 0.25) is 0 Å². The van der Waals surface area contributed by atoms with Gasteiger partial charge in [0.25, 0.3) is 11.8 Å². The van der Waals surface area contributed by atoms with Crippen LogP contribution in [0.5, 0.6) is 0 Å². The second-order valence-corrected chi connectivity index (χ2v) is 8.40. The molecule has 0 aliphatic rings. The van der Waals surface area contributed by atoms with E-state index in [1.165, 1.54) is 24.3 Å². The molecule has 0 atom stereocenters. The van der Waals surface area contributed by atoms with Gasteiger partial charge in [0.1, 0.15) is 12.4 Å². The number of nitrogens with zero attached hydrogens (tertiary/aromatic N) is 1. The lowest BCUT2D eigenvalue weighted by Gasteiger charge is -2.35. The number of halogens is 1. The molecule has 0 saturated heterocycles. The Morgan fingerprint density at radius 1 is 1.10 bits per heavy atom. The van der Waals surface area contributed by atoms with Crippen molar-refractivity contribution in [2.24, 2.45) is 0 Å². The number of ether oxygens (including phenoxy) is 1. The zero-order chi connectivity index (χ0) is 23.3. The number of aryl methyl sites for hydroxylation is 2.